The first-order chi connectivity index (χ1) is 9.91. The van der Waals surface area contributed by atoms with Crippen LogP contribution in [0.3, 0.4) is 0 Å². The summed E-state index contributed by atoms with van der Waals surface area (Å²) in [6.07, 6.45) is 1.27. The lowest BCUT2D eigenvalue weighted by molar-refractivity contribution is 0.619. The average Bonchev–Trinajstić information content (AvgIpc) is 2.88. The third kappa shape index (κ3) is 2.25. The van der Waals surface area contributed by atoms with Crippen LogP contribution in [0.1, 0.15) is 5.56 Å². The minimum atomic E-state index is -0.595. The maximum atomic E-state index is 14.0. The minimum absolute atomic E-state index is 0.00699. The number of nitrogens with zero attached hydrogens (tertiary/aromatic N) is 4. The van der Waals surface area contributed by atoms with Crippen LogP contribution in [0.2, 0.25) is 20.4 Å². The molecule has 21 heavy (non-hydrogen) atoms. The van der Waals surface area contributed by atoms with E-state index in [9.17, 15) is 4.39 Å². The van der Waals surface area contributed by atoms with Crippen molar-refractivity contribution < 1.29 is 4.39 Å². The Labute approximate surface area is 138 Å². The van der Waals surface area contributed by atoms with E-state index in [4.69, 9.17) is 46.4 Å². The van der Waals surface area contributed by atoms with E-state index < -0.39 is 5.82 Å². The summed E-state index contributed by atoms with van der Waals surface area (Å²) in [7, 11) is 0. The third-order valence-corrected chi connectivity index (χ3v) is 4.19. The van der Waals surface area contributed by atoms with Gasteiger partial charge in [0.2, 0.25) is 0 Å². The Morgan fingerprint density at radius 3 is 2.57 bits per heavy atom. The number of halogens is 5. The molecule has 0 N–H and O–H groups in total. The number of hydrogen-bond donors (Lipinski definition) is 0. The zero-order valence-corrected chi connectivity index (χ0v) is 13.4. The molecule has 0 unspecified atom stereocenters. The Kier molecular flexibility index (Phi) is 3.69. The molecule has 0 aliphatic carbocycles. The summed E-state index contributed by atoms with van der Waals surface area (Å²) in [6, 6.07) is 1.44. The summed E-state index contributed by atoms with van der Waals surface area (Å²) in [5.74, 6) is -0.379. The van der Waals surface area contributed by atoms with Crippen molar-refractivity contribution in [2.75, 3.05) is 0 Å². The van der Waals surface area contributed by atoms with Gasteiger partial charge in [0.25, 0.3) is 5.78 Å². The van der Waals surface area contributed by atoms with Gasteiger partial charge in [0.15, 0.2) is 0 Å². The summed E-state index contributed by atoms with van der Waals surface area (Å²) < 4.78 is 15.3. The second-order valence-corrected chi connectivity index (χ2v) is 5.72. The molecular formula is C12H5Cl4FN4. The fourth-order valence-electron chi connectivity index (χ4n) is 1.93. The SMILES string of the molecule is Cc1cc(Cl)c(-c2c(Cl)nc3ncnn3c2Cl)c(Cl)c1F. The van der Waals surface area contributed by atoms with Crippen LogP contribution in [0.25, 0.3) is 16.9 Å². The van der Waals surface area contributed by atoms with Crippen molar-refractivity contribution in [3.05, 3.63) is 44.1 Å². The molecule has 0 saturated heterocycles. The summed E-state index contributed by atoms with van der Waals surface area (Å²) in [5.41, 5.74) is 0.683. The predicted molar refractivity (Wildman–Crippen MR) is 81.0 cm³/mol. The normalized spacial score (nSPS) is 11.3. The second kappa shape index (κ2) is 5.25. The molecule has 9 heteroatoms. The van der Waals surface area contributed by atoms with Crippen molar-refractivity contribution in [1.82, 2.24) is 19.6 Å². The Bertz CT molecular complexity index is 878. The molecule has 0 aliphatic rings. The van der Waals surface area contributed by atoms with Crippen LogP contribution < -0.4 is 0 Å². The number of benzene rings is 1. The molecule has 108 valence electrons. The van der Waals surface area contributed by atoms with E-state index >= 15 is 0 Å². The number of rotatable bonds is 1. The molecule has 0 aliphatic heterocycles. The Morgan fingerprint density at radius 2 is 1.86 bits per heavy atom. The van der Waals surface area contributed by atoms with Gasteiger partial charge in [-0.05, 0) is 18.6 Å². The highest BCUT2D eigenvalue weighted by Gasteiger charge is 2.23. The molecule has 2 aromatic heterocycles. The van der Waals surface area contributed by atoms with Gasteiger partial charge in [0.05, 0.1) is 15.6 Å². The van der Waals surface area contributed by atoms with Crippen LogP contribution in [0.5, 0.6) is 0 Å². The largest absolute Gasteiger partial charge is 0.255 e. The minimum Gasteiger partial charge on any atom is -0.205 e. The van der Waals surface area contributed by atoms with E-state index in [1.165, 1.54) is 16.9 Å². The van der Waals surface area contributed by atoms with Crippen LogP contribution in [0.15, 0.2) is 12.4 Å². The Balaban J connectivity index is 2.43. The predicted octanol–water partition coefficient (Wildman–Crippen LogP) is 4.85. The fourth-order valence-corrected chi connectivity index (χ4v) is 3.29. The highest BCUT2D eigenvalue weighted by atomic mass is 35.5. The van der Waals surface area contributed by atoms with Crippen molar-refractivity contribution in [3.8, 4) is 11.1 Å². The quantitative estimate of drug-likeness (QED) is 0.457. The summed E-state index contributed by atoms with van der Waals surface area (Å²) in [5, 5.41) is 4.05. The smallest absolute Gasteiger partial charge is 0.205 e. The first-order valence-corrected chi connectivity index (χ1v) is 7.12. The molecule has 3 aromatic rings. The third-order valence-electron chi connectivity index (χ3n) is 2.92. The highest BCUT2D eigenvalue weighted by Crippen LogP contribution is 2.43. The molecular weight excluding hydrogens is 361 g/mol. The fraction of sp³-hybridized carbons (Fsp3) is 0.0833. The second-order valence-electron chi connectivity index (χ2n) is 4.22. The summed E-state index contributed by atoms with van der Waals surface area (Å²) in [6.45, 7) is 1.55. The highest BCUT2D eigenvalue weighted by molar-refractivity contribution is 6.43. The van der Waals surface area contributed by atoms with Gasteiger partial charge >= 0.3 is 0 Å². The van der Waals surface area contributed by atoms with E-state index in [-0.39, 0.29) is 37.3 Å². The standard InChI is InChI=1S/C12H5Cl4FN4/c1-4-2-5(13)6(8(14)9(4)17)7-10(15)20-12-18-3-19-21(12)11(7)16/h2-3H,1H3. The van der Waals surface area contributed by atoms with Gasteiger partial charge in [-0.2, -0.15) is 19.6 Å². The van der Waals surface area contributed by atoms with E-state index in [1.807, 2.05) is 0 Å². The zero-order chi connectivity index (χ0) is 15.3. The lowest BCUT2D eigenvalue weighted by Gasteiger charge is -2.13. The van der Waals surface area contributed by atoms with Gasteiger partial charge in [-0.25, -0.2) is 4.39 Å². The molecule has 0 radical (unpaired) electrons. The van der Waals surface area contributed by atoms with Gasteiger partial charge in [-0.3, -0.25) is 0 Å². The molecule has 0 atom stereocenters. The Hall–Kier alpha value is -1.14. The van der Waals surface area contributed by atoms with Crippen LogP contribution >= 0.6 is 46.4 Å². The molecule has 0 fully saturated rings. The lowest BCUT2D eigenvalue weighted by atomic mass is 10.1. The molecule has 0 bridgehead atoms. The van der Waals surface area contributed by atoms with Gasteiger partial charge in [0.1, 0.15) is 22.5 Å². The van der Waals surface area contributed by atoms with E-state index in [0.717, 1.165) is 0 Å². The van der Waals surface area contributed by atoms with Crippen molar-refractivity contribution in [2.24, 2.45) is 0 Å². The molecule has 4 nitrogen and oxygen atoms in total. The van der Waals surface area contributed by atoms with Gasteiger partial charge in [-0.1, -0.05) is 46.4 Å². The van der Waals surface area contributed by atoms with E-state index in [2.05, 4.69) is 15.1 Å². The number of aryl methyl sites for hydroxylation is 1. The molecule has 3 rings (SSSR count). The maximum absolute atomic E-state index is 14.0. The van der Waals surface area contributed by atoms with Crippen LogP contribution in [0, 0.1) is 12.7 Å². The summed E-state index contributed by atoms with van der Waals surface area (Å²) >= 11 is 24.6. The lowest BCUT2D eigenvalue weighted by Crippen LogP contribution is -1.99. The molecule has 2 heterocycles. The maximum Gasteiger partial charge on any atom is 0.255 e. The number of hydrogen-bond acceptors (Lipinski definition) is 3. The molecule has 1 aromatic carbocycles. The van der Waals surface area contributed by atoms with Gasteiger partial charge < -0.3 is 0 Å². The number of fused-ring (bicyclic) bond motifs is 1. The first-order valence-electron chi connectivity index (χ1n) is 5.61. The Morgan fingerprint density at radius 1 is 1.14 bits per heavy atom. The van der Waals surface area contributed by atoms with Gasteiger partial charge in [0, 0.05) is 5.56 Å². The molecule has 0 saturated carbocycles. The van der Waals surface area contributed by atoms with E-state index in [1.54, 1.807) is 6.92 Å². The van der Waals surface area contributed by atoms with Crippen LogP contribution in [-0.4, -0.2) is 19.6 Å². The van der Waals surface area contributed by atoms with E-state index in [0.29, 0.717) is 5.56 Å². The van der Waals surface area contributed by atoms with Crippen molar-refractivity contribution in [1.29, 1.82) is 0 Å². The van der Waals surface area contributed by atoms with Crippen molar-refractivity contribution >= 4 is 52.2 Å². The van der Waals surface area contributed by atoms with Crippen LogP contribution in [0.4, 0.5) is 4.39 Å². The first kappa shape index (κ1) is 14.8. The topological polar surface area (TPSA) is 43.1 Å². The number of aromatic nitrogens is 4. The zero-order valence-electron chi connectivity index (χ0n) is 10.3. The van der Waals surface area contributed by atoms with Gasteiger partial charge in [-0.15, -0.1) is 0 Å². The van der Waals surface area contributed by atoms with Crippen molar-refractivity contribution in [2.45, 2.75) is 6.92 Å². The van der Waals surface area contributed by atoms with Crippen molar-refractivity contribution in [3.63, 3.8) is 0 Å². The summed E-state index contributed by atoms with van der Waals surface area (Å²) in [4.78, 5) is 7.92. The molecule has 0 amide bonds. The average molecular weight is 366 g/mol. The monoisotopic (exact) mass is 364 g/mol. The molecule has 0 spiro atoms. The van der Waals surface area contributed by atoms with Crippen LogP contribution in [-0.2, 0) is 0 Å².